The molecule has 14 heteroatoms. The summed E-state index contributed by atoms with van der Waals surface area (Å²) in [5.74, 6) is -1.21. The first kappa shape index (κ1) is 27.9. The number of nitrogens with zero attached hydrogens (tertiary/aromatic N) is 5. The minimum atomic E-state index is -5.13. The maximum Gasteiger partial charge on any atom is 0.431 e. The van der Waals surface area contributed by atoms with Crippen LogP contribution in [0.5, 0.6) is 11.8 Å². The lowest BCUT2D eigenvalue weighted by molar-refractivity contribution is -0.142. The largest absolute Gasteiger partial charge is 0.508 e. The summed E-state index contributed by atoms with van der Waals surface area (Å²) >= 11 is 0. The number of anilines is 1. The number of fused-ring (bicyclic) bond motifs is 6. The molecule has 0 amide bonds. The number of hydrogen-bond donors (Lipinski definition) is 2. The molecule has 7 heterocycles. The molecule has 4 atom stereocenters. The number of aryl methyl sites for hydroxylation is 1. The zero-order chi connectivity index (χ0) is 36.2. The van der Waals surface area contributed by atoms with Crippen LogP contribution in [0.3, 0.4) is 0 Å². The highest BCUT2D eigenvalue weighted by atomic mass is 19.4. The fourth-order valence-electron chi connectivity index (χ4n) is 8.07. The van der Waals surface area contributed by atoms with Gasteiger partial charge in [-0.25, -0.2) is 8.78 Å². The van der Waals surface area contributed by atoms with E-state index in [1.807, 2.05) is 0 Å². The first-order valence-corrected chi connectivity index (χ1v) is 16.1. The van der Waals surface area contributed by atoms with Gasteiger partial charge in [0.1, 0.15) is 41.3 Å². The Morgan fingerprint density at radius 2 is 2.04 bits per heavy atom. The van der Waals surface area contributed by atoms with Crippen LogP contribution in [0.2, 0.25) is 0 Å². The predicted octanol–water partition coefficient (Wildman–Crippen LogP) is 5.26. The molecule has 5 saturated heterocycles. The van der Waals surface area contributed by atoms with Crippen LogP contribution in [-0.2, 0) is 12.6 Å². The van der Waals surface area contributed by atoms with Gasteiger partial charge in [0, 0.05) is 49.6 Å². The van der Waals surface area contributed by atoms with Gasteiger partial charge in [-0.2, -0.15) is 23.1 Å². The number of pyridine rings is 1. The maximum absolute atomic E-state index is 15.1. The van der Waals surface area contributed by atoms with Crippen molar-refractivity contribution in [3.8, 4) is 17.4 Å². The molecule has 0 radical (unpaired) electrons. The number of aromatic nitrogens is 3. The fraction of sp³-hybridized carbons (Fsp3) is 0.500. The Morgan fingerprint density at radius 1 is 1.21 bits per heavy atom. The molecule has 254 valence electrons. The average Bonchev–Trinajstić information content (AvgIpc) is 3.58. The second-order valence-corrected chi connectivity index (χ2v) is 13.1. The number of ether oxygens (including phenoxy) is 1. The molecule has 9 rings (SSSR count). The summed E-state index contributed by atoms with van der Waals surface area (Å²) in [7, 11) is 0. The Morgan fingerprint density at radius 3 is 2.75 bits per heavy atom. The molecule has 5 aliphatic rings. The smallest absolute Gasteiger partial charge is 0.431 e. The Bertz CT molecular complexity index is 2140. The van der Waals surface area contributed by atoms with E-state index in [0.717, 1.165) is 24.6 Å². The van der Waals surface area contributed by atoms with E-state index in [2.05, 4.69) is 15.3 Å². The van der Waals surface area contributed by atoms with E-state index in [9.17, 15) is 9.90 Å². The van der Waals surface area contributed by atoms with Crippen LogP contribution in [0.1, 0.15) is 54.4 Å². The van der Waals surface area contributed by atoms with Crippen LogP contribution in [0.4, 0.5) is 27.8 Å². The molecule has 2 bridgehead atoms. The number of phenolic OH excluding ortho intramolecular Hbond substituents is 1. The predicted molar refractivity (Wildman–Crippen MR) is 169 cm³/mol. The fourth-order valence-corrected chi connectivity index (χ4v) is 8.07. The van der Waals surface area contributed by atoms with E-state index < -0.39 is 70.9 Å². The number of alkyl halides is 4. The molecule has 0 spiro atoms. The first-order chi connectivity index (χ1) is 24.0. The zero-order valence-electron chi connectivity index (χ0n) is 29.0. The summed E-state index contributed by atoms with van der Waals surface area (Å²) in [5, 5.41) is 14.0. The number of rotatable bonds is 6. The molecular weight excluding hydrogens is 635 g/mol. The molecule has 5 aliphatic heterocycles. The summed E-state index contributed by atoms with van der Waals surface area (Å²) in [4.78, 5) is 26.7. The highest BCUT2D eigenvalue weighted by molar-refractivity contribution is 5.96. The minimum Gasteiger partial charge on any atom is -0.508 e. The second-order valence-electron chi connectivity index (χ2n) is 13.1. The van der Waals surface area contributed by atoms with Crippen molar-refractivity contribution in [3.63, 3.8) is 0 Å². The lowest BCUT2D eigenvalue weighted by Crippen LogP contribution is -2.61. The van der Waals surface area contributed by atoms with Gasteiger partial charge < -0.3 is 20.1 Å². The lowest BCUT2D eigenvalue weighted by atomic mass is 9.93. The summed E-state index contributed by atoms with van der Waals surface area (Å²) in [6, 6.07) is 4.57. The minimum absolute atomic E-state index is 0.00416. The topological polar surface area (TPSA) is 95.8 Å². The van der Waals surface area contributed by atoms with Crippen molar-refractivity contribution in [2.75, 3.05) is 37.6 Å². The number of benzene rings is 2. The molecule has 0 aliphatic carbocycles. The number of hydrogen-bond acceptors (Lipinski definition) is 8. The quantitative estimate of drug-likeness (QED) is 0.268. The summed E-state index contributed by atoms with van der Waals surface area (Å²) in [5.41, 5.74) is -5.13. The molecule has 0 saturated carbocycles. The molecule has 2 aromatic heterocycles. The normalized spacial score (nSPS) is 28.5. The third-order valence-corrected chi connectivity index (χ3v) is 10.3. The van der Waals surface area contributed by atoms with Gasteiger partial charge in [0.05, 0.1) is 20.7 Å². The van der Waals surface area contributed by atoms with Crippen LogP contribution >= 0.6 is 0 Å². The van der Waals surface area contributed by atoms with Crippen molar-refractivity contribution in [3.05, 3.63) is 57.8 Å². The Labute approximate surface area is 276 Å². The maximum atomic E-state index is 15.1. The van der Waals surface area contributed by atoms with Crippen molar-refractivity contribution < 1.29 is 35.9 Å². The molecule has 48 heavy (non-hydrogen) atoms. The van der Waals surface area contributed by atoms with E-state index in [0.29, 0.717) is 37.0 Å². The monoisotopic (exact) mass is 673 g/mol. The number of aromatic hydroxyl groups is 1. The zero-order valence-corrected chi connectivity index (χ0v) is 26.0. The van der Waals surface area contributed by atoms with Crippen LogP contribution < -0.4 is 20.5 Å². The summed E-state index contributed by atoms with van der Waals surface area (Å²) in [6.07, 6.45) is -5.79. The van der Waals surface area contributed by atoms with Gasteiger partial charge in [0.15, 0.2) is 0 Å². The summed E-state index contributed by atoms with van der Waals surface area (Å²) < 4.78 is 108. The third-order valence-electron chi connectivity index (χ3n) is 10.3. The highest BCUT2D eigenvalue weighted by Crippen LogP contribution is 2.42. The first-order valence-electron chi connectivity index (χ1n) is 17.6. The van der Waals surface area contributed by atoms with Crippen LogP contribution in [0.15, 0.2) is 35.1 Å². The van der Waals surface area contributed by atoms with Gasteiger partial charge in [-0.3, -0.25) is 14.3 Å². The highest BCUT2D eigenvalue weighted by Gasteiger charge is 2.49. The Kier molecular flexibility index (Phi) is 6.54. The van der Waals surface area contributed by atoms with Crippen molar-refractivity contribution in [2.24, 2.45) is 0 Å². The van der Waals surface area contributed by atoms with Crippen molar-refractivity contribution in [1.82, 2.24) is 24.8 Å². The van der Waals surface area contributed by atoms with Gasteiger partial charge in [0.25, 0.3) is 5.56 Å². The van der Waals surface area contributed by atoms with E-state index in [4.69, 9.17) is 8.85 Å². The second kappa shape index (κ2) is 11.3. The molecule has 4 aromatic rings. The van der Waals surface area contributed by atoms with Gasteiger partial charge in [0.2, 0.25) is 0 Å². The van der Waals surface area contributed by atoms with Crippen LogP contribution in [-0.4, -0.2) is 81.0 Å². The molecule has 5 fully saturated rings. The van der Waals surface area contributed by atoms with Crippen LogP contribution in [0, 0.1) is 5.82 Å². The third kappa shape index (κ3) is 4.97. The van der Waals surface area contributed by atoms with E-state index in [-0.39, 0.29) is 59.0 Å². The molecule has 2 unspecified atom stereocenters. The van der Waals surface area contributed by atoms with E-state index in [1.54, 1.807) is 11.8 Å². The average molecular weight is 674 g/mol. The number of piperazine rings is 1. The standard InChI is InChI=1S/C34H35F5N6O3/c1-2-23-25(36)7-4-18-10-22(46)11-26(28(18)23)45-27(34(37,38)39)12-24-29(31(45)47)41-32(42-30(24)44-16-20-5-6-21(44)14-40-20)48-17-33-8-3-9-43(33)15-19(35)13-33/h4,7,10-12,19-21,40,46H,2-3,5-6,8-9,13-17H2,1H3/t19-,20?,21?,33+/m1/s1/i17D2,19D. The molecule has 2 aromatic carbocycles. The summed E-state index contributed by atoms with van der Waals surface area (Å²) in [6.45, 7) is -0.214. The number of phenols is 1. The number of nitrogens with one attached hydrogen (secondary N) is 1. The molecular formula is C34H35F5N6O3. The van der Waals surface area contributed by atoms with Gasteiger partial charge in [-0.15, -0.1) is 0 Å². The SMILES string of the molecule is [2H]C([2H])(Oc1nc(N2CC3CCC2CN3)c2cc(C(F)(F)F)n(-c3cc(O)cc4ccc(F)c(CC)c34)c(=O)c2n1)[C@@]12CCCN1C[C@]([2H])(F)C2. The Hall–Kier alpha value is -4.04. The van der Waals surface area contributed by atoms with Crippen molar-refractivity contribution in [1.29, 1.82) is 0 Å². The van der Waals surface area contributed by atoms with Gasteiger partial charge in [-0.05, 0) is 67.8 Å². The van der Waals surface area contributed by atoms with Crippen molar-refractivity contribution in [2.45, 2.75) is 75.4 Å². The van der Waals surface area contributed by atoms with Crippen molar-refractivity contribution >= 4 is 27.5 Å². The molecule has 9 nitrogen and oxygen atoms in total. The van der Waals surface area contributed by atoms with E-state index >= 15 is 22.0 Å². The Balaban J connectivity index is 1.39. The van der Waals surface area contributed by atoms with Gasteiger partial charge >= 0.3 is 12.2 Å². The number of piperidine rings is 2. The molecule has 2 N–H and O–H groups in total. The van der Waals surface area contributed by atoms with Crippen LogP contribution in [0.25, 0.3) is 27.4 Å². The number of halogens is 5. The van der Waals surface area contributed by atoms with Gasteiger partial charge in [-0.1, -0.05) is 13.0 Å². The van der Waals surface area contributed by atoms with E-state index in [1.165, 1.54) is 17.0 Å². The lowest BCUT2D eigenvalue weighted by Gasteiger charge is -2.46.